The molecule has 0 atom stereocenters. The average molecular weight is 359 g/mol. The highest BCUT2D eigenvalue weighted by Gasteiger charge is 2.39. The highest BCUT2D eigenvalue weighted by atomic mass is 19.1. The zero-order chi connectivity index (χ0) is 18.6. The molecule has 6 heteroatoms. The van der Waals surface area contributed by atoms with Gasteiger partial charge in [0.25, 0.3) is 0 Å². The van der Waals surface area contributed by atoms with Crippen LogP contribution in [0.3, 0.4) is 0 Å². The zero-order valence-corrected chi connectivity index (χ0v) is 14.8. The van der Waals surface area contributed by atoms with Crippen molar-refractivity contribution in [2.45, 2.75) is 20.1 Å². The van der Waals surface area contributed by atoms with Crippen LogP contribution < -0.4 is 10.1 Å². The number of hydrogen-bond donors (Lipinski definition) is 1. The minimum Gasteiger partial charge on any atom is -0.494 e. The molecule has 1 heterocycles. The molecule has 0 radical (unpaired) electrons. The van der Waals surface area contributed by atoms with Gasteiger partial charge in [0.2, 0.25) is 5.91 Å². The second-order valence-corrected chi connectivity index (χ2v) is 6.48. The summed E-state index contributed by atoms with van der Waals surface area (Å²) in [6.45, 7) is 4.71. The van der Waals surface area contributed by atoms with Crippen LogP contribution in [0.4, 0.5) is 10.1 Å². The van der Waals surface area contributed by atoms with Crippen molar-refractivity contribution in [3.05, 3.63) is 59.9 Å². The molecular weight excluding hydrogens is 337 g/mol. The Balaban J connectivity index is 1.58. The van der Waals surface area contributed by atoms with Crippen molar-refractivity contribution >= 4 is 11.6 Å². The number of nitrogens with one attached hydrogen (secondary N) is 1. The second kappa shape index (κ2) is 7.85. The third-order valence-corrected chi connectivity index (χ3v) is 4.22. The summed E-state index contributed by atoms with van der Waals surface area (Å²) in [4.78, 5) is 12.6. The third kappa shape index (κ3) is 4.20. The van der Waals surface area contributed by atoms with Gasteiger partial charge in [-0.3, -0.25) is 4.79 Å². The first-order valence-corrected chi connectivity index (χ1v) is 8.53. The van der Waals surface area contributed by atoms with Crippen molar-refractivity contribution < 1.29 is 23.4 Å². The maximum absolute atomic E-state index is 13.0. The molecule has 3 rings (SSSR count). The van der Waals surface area contributed by atoms with Gasteiger partial charge in [-0.1, -0.05) is 12.1 Å². The Hall–Kier alpha value is -2.44. The van der Waals surface area contributed by atoms with E-state index in [0.717, 1.165) is 11.3 Å². The summed E-state index contributed by atoms with van der Waals surface area (Å²) in [7, 11) is 0. The predicted molar refractivity (Wildman–Crippen MR) is 95.4 cm³/mol. The molecule has 0 spiro atoms. The largest absolute Gasteiger partial charge is 0.494 e. The molecule has 0 aromatic heterocycles. The molecule has 138 valence electrons. The van der Waals surface area contributed by atoms with Gasteiger partial charge in [-0.25, -0.2) is 4.39 Å². The second-order valence-electron chi connectivity index (χ2n) is 6.48. The van der Waals surface area contributed by atoms with Crippen LogP contribution in [0, 0.1) is 11.2 Å². The van der Waals surface area contributed by atoms with E-state index in [4.69, 9.17) is 14.2 Å². The smallest absolute Gasteiger partial charge is 0.234 e. The lowest BCUT2D eigenvalue weighted by Gasteiger charge is -2.36. The Bertz CT molecular complexity index is 737. The van der Waals surface area contributed by atoms with Crippen LogP contribution in [0.5, 0.6) is 5.75 Å². The van der Waals surface area contributed by atoms with Gasteiger partial charge in [-0.05, 0) is 50.2 Å². The summed E-state index contributed by atoms with van der Waals surface area (Å²) in [5.74, 6) is 0.256. The summed E-state index contributed by atoms with van der Waals surface area (Å²) in [6, 6.07) is 13.1. The lowest BCUT2D eigenvalue weighted by atomic mass is 9.90. The van der Waals surface area contributed by atoms with Gasteiger partial charge in [0, 0.05) is 11.3 Å². The molecule has 26 heavy (non-hydrogen) atoms. The maximum Gasteiger partial charge on any atom is 0.234 e. The molecule has 2 aromatic rings. The molecule has 1 amide bonds. The van der Waals surface area contributed by atoms with E-state index >= 15 is 0 Å². The van der Waals surface area contributed by atoms with Crippen LogP contribution in [0.25, 0.3) is 0 Å². The molecule has 1 aliphatic heterocycles. The van der Waals surface area contributed by atoms with Crippen molar-refractivity contribution in [2.24, 2.45) is 5.41 Å². The lowest BCUT2D eigenvalue weighted by molar-refractivity contribution is -0.226. The first-order chi connectivity index (χ1) is 12.5. The molecule has 1 saturated heterocycles. The molecule has 1 N–H and O–H groups in total. The van der Waals surface area contributed by atoms with Gasteiger partial charge in [0.15, 0.2) is 6.29 Å². The fourth-order valence-corrected chi connectivity index (χ4v) is 2.64. The van der Waals surface area contributed by atoms with Gasteiger partial charge < -0.3 is 19.5 Å². The topological polar surface area (TPSA) is 56.8 Å². The summed E-state index contributed by atoms with van der Waals surface area (Å²) in [5.41, 5.74) is 0.593. The van der Waals surface area contributed by atoms with Gasteiger partial charge in [-0.15, -0.1) is 0 Å². The molecular formula is C20H22FNO4. The van der Waals surface area contributed by atoms with Gasteiger partial charge in [-0.2, -0.15) is 0 Å². The number of hydrogen-bond acceptors (Lipinski definition) is 4. The minimum atomic E-state index is -0.810. The molecule has 0 aliphatic carbocycles. The summed E-state index contributed by atoms with van der Waals surface area (Å²) < 4.78 is 29.8. The standard InChI is InChI=1S/C20H22FNO4/c1-3-24-17-10-8-16(9-11-17)22-19(23)20(2)12-25-18(26-13-20)14-4-6-15(21)7-5-14/h4-11,18H,3,12-13H2,1-2H3,(H,22,23). The van der Waals surface area contributed by atoms with E-state index in [0.29, 0.717) is 12.3 Å². The highest BCUT2D eigenvalue weighted by Crippen LogP contribution is 2.32. The molecule has 1 fully saturated rings. The van der Waals surface area contributed by atoms with E-state index in [-0.39, 0.29) is 24.9 Å². The van der Waals surface area contributed by atoms with Crippen LogP contribution in [-0.2, 0) is 14.3 Å². The fourth-order valence-electron chi connectivity index (χ4n) is 2.64. The van der Waals surface area contributed by atoms with E-state index in [9.17, 15) is 9.18 Å². The van der Waals surface area contributed by atoms with Crippen molar-refractivity contribution in [3.8, 4) is 5.75 Å². The monoisotopic (exact) mass is 359 g/mol. The first kappa shape index (κ1) is 18.4. The van der Waals surface area contributed by atoms with Gasteiger partial charge >= 0.3 is 0 Å². The number of benzene rings is 2. The number of amides is 1. The third-order valence-electron chi connectivity index (χ3n) is 4.22. The predicted octanol–water partition coefficient (Wildman–Crippen LogP) is 3.91. The van der Waals surface area contributed by atoms with Crippen LogP contribution in [0.2, 0.25) is 0 Å². The van der Waals surface area contributed by atoms with Crippen LogP contribution in [-0.4, -0.2) is 25.7 Å². The summed E-state index contributed by atoms with van der Waals surface area (Å²) in [6.07, 6.45) is -0.595. The molecule has 2 aromatic carbocycles. The number of carbonyl (C=O) groups is 1. The van der Waals surface area contributed by atoms with Crippen molar-refractivity contribution in [1.29, 1.82) is 0 Å². The Morgan fingerprint density at radius 1 is 1.15 bits per heavy atom. The van der Waals surface area contributed by atoms with E-state index in [1.165, 1.54) is 12.1 Å². The van der Waals surface area contributed by atoms with E-state index in [1.54, 1.807) is 43.3 Å². The summed E-state index contributed by atoms with van der Waals surface area (Å²) >= 11 is 0. The molecule has 0 saturated carbocycles. The number of rotatable bonds is 5. The number of halogens is 1. The normalized spacial score (nSPS) is 22.7. The first-order valence-electron chi connectivity index (χ1n) is 8.53. The number of anilines is 1. The Morgan fingerprint density at radius 3 is 2.35 bits per heavy atom. The van der Waals surface area contributed by atoms with Crippen molar-refractivity contribution in [2.75, 3.05) is 25.1 Å². The zero-order valence-electron chi connectivity index (χ0n) is 14.8. The lowest BCUT2D eigenvalue weighted by Crippen LogP contribution is -2.45. The maximum atomic E-state index is 13.0. The Kier molecular flexibility index (Phi) is 5.54. The molecule has 0 unspecified atom stereocenters. The molecule has 1 aliphatic rings. The van der Waals surface area contributed by atoms with Crippen LogP contribution in [0.1, 0.15) is 25.7 Å². The Morgan fingerprint density at radius 2 is 1.77 bits per heavy atom. The van der Waals surface area contributed by atoms with Crippen LogP contribution in [0.15, 0.2) is 48.5 Å². The van der Waals surface area contributed by atoms with E-state index in [1.807, 2.05) is 6.92 Å². The van der Waals surface area contributed by atoms with Crippen LogP contribution >= 0.6 is 0 Å². The fraction of sp³-hybridized carbons (Fsp3) is 0.350. The SMILES string of the molecule is CCOc1ccc(NC(=O)C2(C)COC(c3ccc(F)cc3)OC2)cc1. The minimum absolute atomic E-state index is 0.181. The molecule has 5 nitrogen and oxygen atoms in total. The van der Waals surface area contributed by atoms with E-state index in [2.05, 4.69) is 5.32 Å². The van der Waals surface area contributed by atoms with Gasteiger partial charge in [0.1, 0.15) is 11.6 Å². The van der Waals surface area contributed by atoms with E-state index < -0.39 is 11.7 Å². The molecule has 0 bridgehead atoms. The van der Waals surface area contributed by atoms with Crippen molar-refractivity contribution in [3.63, 3.8) is 0 Å². The average Bonchev–Trinajstić information content (AvgIpc) is 2.65. The highest BCUT2D eigenvalue weighted by molar-refractivity contribution is 5.95. The van der Waals surface area contributed by atoms with Crippen molar-refractivity contribution in [1.82, 2.24) is 0 Å². The number of ether oxygens (including phenoxy) is 3. The number of carbonyl (C=O) groups excluding carboxylic acids is 1. The quantitative estimate of drug-likeness (QED) is 0.879. The van der Waals surface area contributed by atoms with Gasteiger partial charge in [0.05, 0.1) is 25.2 Å². The Labute approximate surface area is 152 Å². The summed E-state index contributed by atoms with van der Waals surface area (Å²) in [5, 5.41) is 2.88.